The van der Waals surface area contributed by atoms with Gasteiger partial charge in [-0.2, -0.15) is 10.2 Å². The van der Waals surface area contributed by atoms with Crippen LogP contribution in [0.4, 0.5) is 0 Å². The maximum absolute atomic E-state index is 11.1. The molecule has 0 saturated carbocycles. The number of rotatable bonds is 5. The Labute approximate surface area is 156 Å². The Bertz CT molecular complexity index is 818. The molecule has 4 heteroatoms. The number of benzene rings is 1. The number of nitrogens with zero attached hydrogens (tertiary/aromatic N) is 3. The van der Waals surface area contributed by atoms with Crippen LogP contribution in [0.5, 0.6) is 5.75 Å². The summed E-state index contributed by atoms with van der Waals surface area (Å²) in [7, 11) is 0. The Hall–Kier alpha value is -2.10. The number of aromatic hydroxyl groups is 1. The summed E-state index contributed by atoms with van der Waals surface area (Å²) in [6, 6.07) is 4.24. The van der Waals surface area contributed by atoms with E-state index in [1.807, 2.05) is 0 Å². The lowest BCUT2D eigenvalue weighted by Gasteiger charge is -2.30. The Kier molecular flexibility index (Phi) is 4.72. The summed E-state index contributed by atoms with van der Waals surface area (Å²) in [4.78, 5) is 1.64. The standard InChI is InChI=1S/C22H31N3O/c1-7-21(3,4)15-13-16(22(5,6)8-2)20(26)19(14-15)25-23-17-11-9-10-12-18(17)24-25/h9-10,13-14,26H,7-8,11-12H2,1-6H3. The van der Waals surface area contributed by atoms with Gasteiger partial charge in [-0.15, -0.1) is 4.80 Å². The van der Waals surface area contributed by atoms with Crippen molar-refractivity contribution in [2.75, 3.05) is 0 Å². The van der Waals surface area contributed by atoms with Crippen molar-refractivity contribution in [1.29, 1.82) is 0 Å². The molecule has 1 heterocycles. The van der Waals surface area contributed by atoms with E-state index in [4.69, 9.17) is 0 Å². The maximum atomic E-state index is 11.1. The monoisotopic (exact) mass is 353 g/mol. The number of hydrogen-bond donors (Lipinski definition) is 1. The fourth-order valence-corrected chi connectivity index (χ4v) is 3.25. The van der Waals surface area contributed by atoms with Crippen molar-refractivity contribution in [2.24, 2.45) is 0 Å². The van der Waals surface area contributed by atoms with Gasteiger partial charge < -0.3 is 5.11 Å². The molecule has 140 valence electrons. The number of aromatic nitrogens is 3. The molecule has 2 aromatic rings. The minimum absolute atomic E-state index is 0.0232. The van der Waals surface area contributed by atoms with Crippen LogP contribution in [0.25, 0.3) is 5.69 Å². The van der Waals surface area contributed by atoms with Crippen molar-refractivity contribution in [1.82, 2.24) is 15.0 Å². The summed E-state index contributed by atoms with van der Waals surface area (Å²) in [5.74, 6) is 0.299. The van der Waals surface area contributed by atoms with Crippen molar-refractivity contribution in [3.05, 3.63) is 46.8 Å². The van der Waals surface area contributed by atoms with Crippen LogP contribution < -0.4 is 0 Å². The van der Waals surface area contributed by atoms with Crippen molar-refractivity contribution in [3.8, 4) is 11.4 Å². The van der Waals surface area contributed by atoms with Crippen LogP contribution in [0.1, 0.15) is 76.9 Å². The number of hydrogen-bond acceptors (Lipinski definition) is 3. The highest BCUT2D eigenvalue weighted by atomic mass is 16.3. The van der Waals surface area contributed by atoms with Gasteiger partial charge in [0.15, 0.2) is 0 Å². The number of phenols is 1. The van der Waals surface area contributed by atoms with Crippen molar-refractivity contribution in [3.63, 3.8) is 0 Å². The average molecular weight is 354 g/mol. The second-order valence-corrected chi connectivity index (χ2v) is 8.63. The minimum atomic E-state index is -0.118. The Balaban J connectivity index is 2.22. The molecule has 1 aliphatic carbocycles. The molecule has 0 fully saturated rings. The minimum Gasteiger partial charge on any atom is -0.505 e. The van der Waals surface area contributed by atoms with Gasteiger partial charge in [0, 0.05) is 18.4 Å². The second kappa shape index (κ2) is 6.57. The molecule has 3 rings (SSSR count). The van der Waals surface area contributed by atoms with Crippen molar-refractivity contribution < 1.29 is 5.11 Å². The third-order valence-corrected chi connectivity index (χ3v) is 6.14. The molecule has 0 radical (unpaired) electrons. The fourth-order valence-electron chi connectivity index (χ4n) is 3.25. The molecular weight excluding hydrogens is 322 g/mol. The van der Waals surface area contributed by atoms with Gasteiger partial charge in [-0.05, 0) is 35.3 Å². The van der Waals surface area contributed by atoms with Gasteiger partial charge in [0.2, 0.25) is 0 Å². The second-order valence-electron chi connectivity index (χ2n) is 8.63. The quantitative estimate of drug-likeness (QED) is 0.769. The van der Waals surface area contributed by atoms with Gasteiger partial charge in [-0.25, -0.2) is 0 Å². The summed E-state index contributed by atoms with van der Waals surface area (Å²) in [5.41, 5.74) is 4.80. The lowest BCUT2D eigenvalue weighted by atomic mass is 9.76. The highest BCUT2D eigenvalue weighted by molar-refractivity contribution is 5.56. The van der Waals surface area contributed by atoms with E-state index in [2.05, 4.69) is 76.0 Å². The molecule has 1 aromatic carbocycles. The van der Waals surface area contributed by atoms with Gasteiger partial charge in [0.05, 0.1) is 11.4 Å². The largest absolute Gasteiger partial charge is 0.505 e. The number of fused-ring (bicyclic) bond motifs is 1. The predicted octanol–water partition coefficient (Wildman–Crippen LogP) is 5.00. The van der Waals surface area contributed by atoms with Crippen LogP contribution in [0.3, 0.4) is 0 Å². The van der Waals surface area contributed by atoms with Crippen molar-refractivity contribution in [2.45, 2.75) is 78.1 Å². The number of allylic oxidation sites excluding steroid dienone is 2. The molecule has 4 nitrogen and oxygen atoms in total. The zero-order valence-corrected chi connectivity index (χ0v) is 16.9. The van der Waals surface area contributed by atoms with Gasteiger partial charge in [-0.1, -0.05) is 59.8 Å². The van der Waals surface area contributed by atoms with Crippen LogP contribution in [-0.2, 0) is 23.7 Å². The Morgan fingerprint density at radius 1 is 0.923 bits per heavy atom. The molecule has 26 heavy (non-hydrogen) atoms. The van der Waals surface area contributed by atoms with E-state index in [1.54, 1.807) is 4.80 Å². The molecule has 0 amide bonds. The highest BCUT2D eigenvalue weighted by Gasteiger charge is 2.29. The van der Waals surface area contributed by atoms with E-state index < -0.39 is 0 Å². The molecule has 0 aliphatic heterocycles. The lowest BCUT2D eigenvalue weighted by Crippen LogP contribution is -2.21. The molecular formula is C22H31N3O. The molecule has 1 aliphatic rings. The van der Waals surface area contributed by atoms with E-state index >= 15 is 0 Å². The summed E-state index contributed by atoms with van der Waals surface area (Å²) < 4.78 is 0. The topological polar surface area (TPSA) is 50.9 Å². The molecule has 0 spiro atoms. The molecule has 0 unspecified atom stereocenters. The Morgan fingerprint density at radius 2 is 1.46 bits per heavy atom. The van der Waals surface area contributed by atoms with E-state index in [9.17, 15) is 5.11 Å². The van der Waals surface area contributed by atoms with Crippen LogP contribution in [0, 0.1) is 0 Å². The van der Waals surface area contributed by atoms with Crippen LogP contribution in [0.2, 0.25) is 0 Å². The predicted molar refractivity (Wildman–Crippen MR) is 106 cm³/mol. The van der Waals surface area contributed by atoms with Crippen LogP contribution in [-0.4, -0.2) is 20.1 Å². The SMILES string of the molecule is CCC(C)(C)c1cc(-n2nc3c(n2)CC=CC3)c(O)c(C(C)(C)CC)c1. The smallest absolute Gasteiger partial charge is 0.146 e. The first-order valence-electron chi connectivity index (χ1n) is 9.68. The molecule has 0 bridgehead atoms. The zero-order chi connectivity index (χ0) is 19.1. The molecule has 1 N–H and O–H groups in total. The first-order valence-corrected chi connectivity index (χ1v) is 9.68. The van der Waals surface area contributed by atoms with E-state index in [1.165, 1.54) is 5.56 Å². The summed E-state index contributed by atoms with van der Waals surface area (Å²) in [6.45, 7) is 13.2. The Morgan fingerprint density at radius 3 is 1.96 bits per heavy atom. The summed E-state index contributed by atoms with van der Waals surface area (Å²) in [5, 5.41) is 20.5. The van der Waals surface area contributed by atoms with Gasteiger partial charge in [0.1, 0.15) is 11.4 Å². The van der Waals surface area contributed by atoms with Crippen LogP contribution in [0.15, 0.2) is 24.3 Å². The van der Waals surface area contributed by atoms with E-state index in [-0.39, 0.29) is 10.8 Å². The highest BCUT2D eigenvalue weighted by Crippen LogP contribution is 2.41. The number of phenolic OH excluding ortho intramolecular Hbond substituents is 1. The van der Waals surface area contributed by atoms with Gasteiger partial charge in [0.25, 0.3) is 0 Å². The molecule has 1 aromatic heterocycles. The van der Waals surface area contributed by atoms with Gasteiger partial charge in [-0.3, -0.25) is 0 Å². The molecule has 0 atom stereocenters. The summed E-state index contributed by atoms with van der Waals surface area (Å²) in [6.07, 6.45) is 7.85. The van der Waals surface area contributed by atoms with Gasteiger partial charge >= 0.3 is 0 Å². The zero-order valence-electron chi connectivity index (χ0n) is 16.9. The third-order valence-electron chi connectivity index (χ3n) is 6.14. The van der Waals surface area contributed by atoms with Crippen LogP contribution >= 0.6 is 0 Å². The first-order chi connectivity index (χ1) is 12.2. The lowest BCUT2D eigenvalue weighted by molar-refractivity contribution is 0.419. The maximum Gasteiger partial charge on any atom is 0.146 e. The molecule has 0 saturated heterocycles. The normalized spacial score (nSPS) is 14.5. The third kappa shape index (κ3) is 3.17. The van der Waals surface area contributed by atoms with E-state index in [0.717, 1.165) is 42.6 Å². The van der Waals surface area contributed by atoms with E-state index in [0.29, 0.717) is 11.4 Å². The summed E-state index contributed by atoms with van der Waals surface area (Å²) >= 11 is 0. The first kappa shape index (κ1) is 18.7. The fraction of sp³-hybridized carbons (Fsp3) is 0.545. The average Bonchev–Trinajstić information content (AvgIpc) is 3.05. The van der Waals surface area contributed by atoms with Crippen molar-refractivity contribution >= 4 is 0 Å².